The van der Waals surface area contributed by atoms with E-state index in [0.717, 1.165) is 36.1 Å². The van der Waals surface area contributed by atoms with E-state index in [1.54, 1.807) is 18.3 Å². The summed E-state index contributed by atoms with van der Waals surface area (Å²) in [6.07, 6.45) is 5.93. The normalized spacial score (nSPS) is 14.1. The molecule has 25 heavy (non-hydrogen) atoms. The Morgan fingerprint density at radius 1 is 1.24 bits per heavy atom. The maximum absolute atomic E-state index is 12.4. The van der Waals surface area contributed by atoms with Gasteiger partial charge in [0, 0.05) is 24.0 Å². The van der Waals surface area contributed by atoms with Crippen molar-refractivity contribution in [2.24, 2.45) is 0 Å². The number of amides is 1. The molecule has 0 atom stereocenters. The Kier molecular flexibility index (Phi) is 5.51. The highest BCUT2D eigenvalue weighted by Crippen LogP contribution is 2.24. The van der Waals surface area contributed by atoms with E-state index in [1.165, 1.54) is 16.9 Å². The molecular weight excluding hydrogens is 358 g/mol. The summed E-state index contributed by atoms with van der Waals surface area (Å²) in [5.74, 6) is -0.262. The van der Waals surface area contributed by atoms with Gasteiger partial charge in [-0.2, -0.15) is 0 Å². The van der Waals surface area contributed by atoms with E-state index in [9.17, 15) is 13.2 Å². The molecule has 2 N–H and O–H groups in total. The molecule has 1 amide bonds. The third-order valence-electron chi connectivity index (χ3n) is 4.14. The van der Waals surface area contributed by atoms with Crippen LogP contribution in [0.3, 0.4) is 0 Å². The number of benzene rings is 1. The molecule has 1 aliphatic rings. The standard InChI is InChI=1S/C17H21N3O3S2/c1-12-11-18-17(24-12)20-16(21)8-9-19-25(22,23)15-7-6-13-4-2-3-5-14(13)10-15/h6-7,10-11,19H,2-5,8-9H2,1H3,(H,18,20,21). The minimum Gasteiger partial charge on any atom is -0.302 e. The summed E-state index contributed by atoms with van der Waals surface area (Å²) >= 11 is 1.38. The second-order valence-corrected chi connectivity index (χ2v) is 9.11. The predicted molar refractivity (Wildman–Crippen MR) is 98.4 cm³/mol. The first kappa shape index (κ1) is 18.0. The molecule has 0 radical (unpaired) electrons. The number of thiazole rings is 1. The van der Waals surface area contributed by atoms with Gasteiger partial charge in [0.2, 0.25) is 15.9 Å². The second-order valence-electron chi connectivity index (χ2n) is 6.11. The summed E-state index contributed by atoms with van der Waals surface area (Å²) in [6, 6.07) is 5.31. The Morgan fingerprint density at radius 3 is 2.72 bits per heavy atom. The largest absolute Gasteiger partial charge is 0.302 e. The molecule has 6 nitrogen and oxygen atoms in total. The van der Waals surface area contributed by atoms with Crippen molar-refractivity contribution in [2.75, 3.05) is 11.9 Å². The zero-order chi connectivity index (χ0) is 17.9. The minimum absolute atomic E-state index is 0.0512. The Bertz CT molecular complexity index is 875. The summed E-state index contributed by atoms with van der Waals surface area (Å²) in [5.41, 5.74) is 2.36. The van der Waals surface area contributed by atoms with E-state index in [2.05, 4.69) is 15.0 Å². The van der Waals surface area contributed by atoms with Gasteiger partial charge >= 0.3 is 0 Å². The van der Waals surface area contributed by atoms with Gasteiger partial charge < -0.3 is 5.32 Å². The first-order valence-electron chi connectivity index (χ1n) is 8.28. The molecular formula is C17H21N3O3S2. The minimum atomic E-state index is -3.60. The molecule has 0 saturated heterocycles. The van der Waals surface area contributed by atoms with E-state index < -0.39 is 10.0 Å². The zero-order valence-electron chi connectivity index (χ0n) is 14.0. The van der Waals surface area contributed by atoms with Gasteiger partial charge in [0.05, 0.1) is 4.90 Å². The molecule has 3 rings (SSSR count). The molecule has 1 aromatic heterocycles. The van der Waals surface area contributed by atoms with Crippen molar-refractivity contribution in [3.05, 3.63) is 40.4 Å². The van der Waals surface area contributed by atoms with E-state index in [1.807, 2.05) is 13.0 Å². The lowest BCUT2D eigenvalue weighted by molar-refractivity contribution is -0.116. The quantitative estimate of drug-likeness (QED) is 0.808. The number of sulfonamides is 1. The molecule has 134 valence electrons. The molecule has 0 saturated carbocycles. The van der Waals surface area contributed by atoms with Crippen molar-refractivity contribution in [3.8, 4) is 0 Å². The third-order valence-corrected chi connectivity index (χ3v) is 6.43. The molecule has 1 heterocycles. The van der Waals surface area contributed by atoms with Gasteiger partial charge in [-0.15, -0.1) is 11.3 Å². The van der Waals surface area contributed by atoms with Gasteiger partial charge in [-0.1, -0.05) is 6.07 Å². The van der Waals surface area contributed by atoms with Crippen LogP contribution in [0, 0.1) is 6.92 Å². The number of nitrogens with zero attached hydrogens (tertiary/aromatic N) is 1. The average Bonchev–Trinajstić information content (AvgIpc) is 2.99. The van der Waals surface area contributed by atoms with Crippen molar-refractivity contribution < 1.29 is 13.2 Å². The molecule has 8 heteroatoms. The molecule has 2 aromatic rings. The summed E-state index contributed by atoms with van der Waals surface area (Å²) in [7, 11) is -3.60. The Labute approximate surface area is 151 Å². The summed E-state index contributed by atoms with van der Waals surface area (Å²) in [6.45, 7) is 1.95. The number of nitrogens with one attached hydrogen (secondary N) is 2. The van der Waals surface area contributed by atoms with Crippen LogP contribution in [0.4, 0.5) is 5.13 Å². The van der Waals surface area contributed by atoms with Crippen LogP contribution in [-0.2, 0) is 27.7 Å². The number of anilines is 1. The number of aryl methyl sites for hydroxylation is 3. The smallest absolute Gasteiger partial charge is 0.240 e. The first-order valence-corrected chi connectivity index (χ1v) is 10.6. The maximum atomic E-state index is 12.4. The third kappa shape index (κ3) is 4.65. The fourth-order valence-electron chi connectivity index (χ4n) is 2.85. The number of hydrogen-bond acceptors (Lipinski definition) is 5. The fraction of sp³-hybridized carbons (Fsp3) is 0.412. The lowest BCUT2D eigenvalue weighted by Gasteiger charge is -2.16. The van der Waals surface area contributed by atoms with Crippen molar-refractivity contribution in [2.45, 2.75) is 43.9 Å². The molecule has 0 unspecified atom stereocenters. The van der Waals surface area contributed by atoms with Crippen LogP contribution in [-0.4, -0.2) is 25.9 Å². The first-order chi connectivity index (χ1) is 11.9. The SMILES string of the molecule is Cc1cnc(NC(=O)CCNS(=O)(=O)c2ccc3c(c2)CCCC3)s1. The number of carbonyl (C=O) groups is 1. The molecule has 0 fully saturated rings. The van der Waals surface area contributed by atoms with Crippen LogP contribution in [0.1, 0.15) is 35.3 Å². The predicted octanol–water partition coefficient (Wildman–Crippen LogP) is 2.64. The van der Waals surface area contributed by atoms with Gasteiger partial charge in [-0.25, -0.2) is 18.1 Å². The topological polar surface area (TPSA) is 88.2 Å². The number of aromatic nitrogens is 1. The van der Waals surface area contributed by atoms with Gasteiger partial charge in [-0.3, -0.25) is 4.79 Å². The number of carbonyl (C=O) groups excluding carboxylic acids is 1. The van der Waals surface area contributed by atoms with Crippen LogP contribution in [0.25, 0.3) is 0 Å². The Morgan fingerprint density at radius 2 is 2.00 bits per heavy atom. The van der Waals surface area contributed by atoms with Crippen LogP contribution in [0.2, 0.25) is 0 Å². The van der Waals surface area contributed by atoms with Gasteiger partial charge in [0.25, 0.3) is 0 Å². The highest BCUT2D eigenvalue weighted by Gasteiger charge is 2.18. The van der Waals surface area contributed by atoms with E-state index >= 15 is 0 Å². The van der Waals surface area contributed by atoms with Crippen LogP contribution in [0.5, 0.6) is 0 Å². The summed E-state index contributed by atoms with van der Waals surface area (Å²) in [5, 5.41) is 3.19. The molecule has 0 bridgehead atoms. The Balaban J connectivity index is 1.55. The van der Waals surface area contributed by atoms with Crippen molar-refractivity contribution >= 4 is 32.4 Å². The van der Waals surface area contributed by atoms with E-state index in [-0.39, 0.29) is 23.8 Å². The lowest BCUT2D eigenvalue weighted by Crippen LogP contribution is -2.28. The van der Waals surface area contributed by atoms with Crippen LogP contribution in [0.15, 0.2) is 29.3 Å². The maximum Gasteiger partial charge on any atom is 0.240 e. The highest BCUT2D eigenvalue weighted by atomic mass is 32.2. The van der Waals surface area contributed by atoms with Crippen LogP contribution >= 0.6 is 11.3 Å². The summed E-state index contributed by atoms with van der Waals surface area (Å²) in [4.78, 5) is 17.2. The average molecular weight is 380 g/mol. The van der Waals surface area contributed by atoms with Crippen LogP contribution < -0.4 is 10.0 Å². The highest BCUT2D eigenvalue weighted by molar-refractivity contribution is 7.89. The van der Waals surface area contributed by atoms with E-state index in [0.29, 0.717) is 5.13 Å². The van der Waals surface area contributed by atoms with Gasteiger partial charge in [0.15, 0.2) is 5.13 Å². The number of fused-ring (bicyclic) bond motifs is 1. The van der Waals surface area contributed by atoms with Crippen molar-refractivity contribution in [1.29, 1.82) is 0 Å². The second kappa shape index (κ2) is 7.63. The Hall–Kier alpha value is -1.77. The molecule has 0 spiro atoms. The van der Waals surface area contributed by atoms with Crippen molar-refractivity contribution in [3.63, 3.8) is 0 Å². The van der Waals surface area contributed by atoms with Gasteiger partial charge in [0.1, 0.15) is 0 Å². The molecule has 1 aliphatic carbocycles. The molecule has 0 aliphatic heterocycles. The van der Waals surface area contributed by atoms with E-state index in [4.69, 9.17) is 0 Å². The zero-order valence-corrected chi connectivity index (χ0v) is 15.7. The number of hydrogen-bond donors (Lipinski definition) is 2. The summed E-state index contributed by atoms with van der Waals surface area (Å²) < 4.78 is 27.3. The number of rotatable bonds is 6. The molecule has 1 aromatic carbocycles. The lowest BCUT2D eigenvalue weighted by atomic mass is 9.92. The van der Waals surface area contributed by atoms with Crippen molar-refractivity contribution in [1.82, 2.24) is 9.71 Å². The van der Waals surface area contributed by atoms with Gasteiger partial charge in [-0.05, 0) is 55.9 Å². The monoisotopic (exact) mass is 379 g/mol. The fourth-order valence-corrected chi connectivity index (χ4v) is 4.62.